The molecule has 0 amide bonds. The lowest BCUT2D eigenvalue weighted by Gasteiger charge is -2.39. The summed E-state index contributed by atoms with van der Waals surface area (Å²) in [7, 11) is 0. The SMILES string of the molecule is CCNC(Cc1ccccc1Cl)C1CN2CCCC2CO1. The first-order valence-corrected chi connectivity index (χ1v) is 8.48. The van der Waals surface area contributed by atoms with Crippen molar-refractivity contribution in [3.05, 3.63) is 34.9 Å². The van der Waals surface area contributed by atoms with Crippen molar-refractivity contribution in [2.45, 2.75) is 44.4 Å². The normalized spacial score (nSPS) is 27.5. The maximum atomic E-state index is 6.32. The van der Waals surface area contributed by atoms with Gasteiger partial charge in [-0.3, -0.25) is 4.90 Å². The van der Waals surface area contributed by atoms with E-state index in [4.69, 9.17) is 16.3 Å². The zero-order valence-corrected chi connectivity index (χ0v) is 13.5. The molecule has 21 heavy (non-hydrogen) atoms. The van der Waals surface area contributed by atoms with Crippen LogP contribution in [0.5, 0.6) is 0 Å². The summed E-state index contributed by atoms with van der Waals surface area (Å²) in [5.41, 5.74) is 1.21. The lowest BCUT2D eigenvalue weighted by molar-refractivity contribution is -0.0641. The van der Waals surface area contributed by atoms with Gasteiger partial charge in [-0.15, -0.1) is 0 Å². The van der Waals surface area contributed by atoms with E-state index in [2.05, 4.69) is 29.3 Å². The van der Waals surface area contributed by atoms with Gasteiger partial charge in [-0.05, 0) is 44.0 Å². The van der Waals surface area contributed by atoms with E-state index in [1.54, 1.807) is 0 Å². The van der Waals surface area contributed by atoms with Crippen LogP contribution in [0, 0.1) is 0 Å². The van der Waals surface area contributed by atoms with E-state index in [1.165, 1.54) is 24.9 Å². The summed E-state index contributed by atoms with van der Waals surface area (Å²) in [6.07, 6.45) is 3.80. The first kappa shape index (κ1) is 15.3. The van der Waals surface area contributed by atoms with Crippen molar-refractivity contribution < 1.29 is 4.74 Å². The van der Waals surface area contributed by atoms with Crippen molar-refractivity contribution >= 4 is 11.6 Å². The molecule has 3 atom stereocenters. The van der Waals surface area contributed by atoms with Crippen molar-refractivity contribution in [3.8, 4) is 0 Å². The number of fused-ring (bicyclic) bond motifs is 1. The lowest BCUT2D eigenvalue weighted by Crippen LogP contribution is -2.54. The van der Waals surface area contributed by atoms with E-state index < -0.39 is 0 Å². The summed E-state index contributed by atoms with van der Waals surface area (Å²) in [4.78, 5) is 2.60. The molecule has 0 aromatic heterocycles. The van der Waals surface area contributed by atoms with Gasteiger partial charge in [0.05, 0.1) is 12.7 Å². The van der Waals surface area contributed by atoms with Gasteiger partial charge < -0.3 is 10.1 Å². The second-order valence-corrected chi connectivity index (χ2v) is 6.53. The molecule has 2 heterocycles. The Bertz CT molecular complexity index is 468. The van der Waals surface area contributed by atoms with E-state index >= 15 is 0 Å². The molecule has 4 heteroatoms. The summed E-state index contributed by atoms with van der Waals surface area (Å²) >= 11 is 6.32. The third-order valence-corrected chi connectivity index (χ3v) is 5.10. The smallest absolute Gasteiger partial charge is 0.0858 e. The number of morpholine rings is 1. The average Bonchev–Trinajstić information content (AvgIpc) is 2.96. The fraction of sp³-hybridized carbons (Fsp3) is 0.647. The van der Waals surface area contributed by atoms with Gasteiger partial charge in [0.15, 0.2) is 0 Å². The van der Waals surface area contributed by atoms with Gasteiger partial charge in [-0.25, -0.2) is 0 Å². The highest BCUT2D eigenvalue weighted by molar-refractivity contribution is 6.31. The molecule has 0 bridgehead atoms. The Morgan fingerprint density at radius 2 is 2.29 bits per heavy atom. The molecular formula is C17H25ClN2O. The summed E-state index contributed by atoms with van der Waals surface area (Å²) in [6, 6.07) is 9.12. The Hall–Kier alpha value is -0.610. The highest BCUT2D eigenvalue weighted by Crippen LogP contribution is 2.25. The van der Waals surface area contributed by atoms with Gasteiger partial charge in [0.2, 0.25) is 0 Å². The Labute approximate surface area is 132 Å². The quantitative estimate of drug-likeness (QED) is 0.905. The average molecular weight is 309 g/mol. The van der Waals surface area contributed by atoms with Crippen LogP contribution in [0.1, 0.15) is 25.3 Å². The van der Waals surface area contributed by atoms with Crippen LogP contribution in [0.15, 0.2) is 24.3 Å². The Kier molecular flexibility index (Phi) is 5.17. The van der Waals surface area contributed by atoms with Gasteiger partial charge in [-0.1, -0.05) is 36.7 Å². The highest BCUT2D eigenvalue weighted by Gasteiger charge is 2.35. The zero-order valence-electron chi connectivity index (χ0n) is 12.7. The molecule has 0 spiro atoms. The van der Waals surface area contributed by atoms with Crippen LogP contribution in [-0.4, -0.2) is 49.3 Å². The molecule has 2 fully saturated rings. The standard InChI is InChI=1S/C17H25ClN2O/c1-2-19-16(10-13-6-3-4-8-15(13)18)17-11-20-9-5-7-14(20)12-21-17/h3-4,6,8,14,16-17,19H,2,5,7,9-12H2,1H3. The second-order valence-electron chi connectivity index (χ2n) is 6.12. The lowest BCUT2D eigenvalue weighted by atomic mass is 9.99. The molecule has 1 N–H and O–H groups in total. The first-order valence-electron chi connectivity index (χ1n) is 8.10. The summed E-state index contributed by atoms with van der Waals surface area (Å²) in [5.74, 6) is 0. The number of nitrogens with one attached hydrogen (secondary N) is 1. The molecule has 0 radical (unpaired) electrons. The van der Waals surface area contributed by atoms with Gasteiger partial charge in [0, 0.05) is 23.7 Å². The number of hydrogen-bond donors (Lipinski definition) is 1. The highest BCUT2D eigenvalue weighted by atomic mass is 35.5. The second kappa shape index (κ2) is 7.10. The number of benzene rings is 1. The van der Waals surface area contributed by atoms with E-state index in [1.807, 2.05) is 12.1 Å². The molecule has 2 aliphatic heterocycles. The van der Waals surface area contributed by atoms with Gasteiger partial charge in [-0.2, -0.15) is 0 Å². The van der Waals surface area contributed by atoms with E-state index in [0.717, 1.165) is 31.1 Å². The fourth-order valence-corrected chi connectivity index (χ4v) is 3.80. The van der Waals surface area contributed by atoms with Crippen molar-refractivity contribution in [1.29, 1.82) is 0 Å². The molecule has 116 valence electrons. The summed E-state index contributed by atoms with van der Waals surface area (Å²) in [6.45, 7) is 6.27. The number of likely N-dealkylation sites (N-methyl/N-ethyl adjacent to an activating group) is 1. The number of hydrogen-bond acceptors (Lipinski definition) is 3. The minimum atomic E-state index is 0.260. The molecule has 1 aromatic rings. The van der Waals surface area contributed by atoms with Crippen LogP contribution in [0.2, 0.25) is 5.02 Å². The molecule has 2 saturated heterocycles. The molecular weight excluding hydrogens is 284 g/mol. The van der Waals surface area contributed by atoms with E-state index in [9.17, 15) is 0 Å². The molecule has 1 aromatic carbocycles. The fourth-order valence-electron chi connectivity index (χ4n) is 3.58. The van der Waals surface area contributed by atoms with Crippen LogP contribution < -0.4 is 5.32 Å². The van der Waals surface area contributed by atoms with Gasteiger partial charge in [0.25, 0.3) is 0 Å². The van der Waals surface area contributed by atoms with Crippen molar-refractivity contribution in [2.75, 3.05) is 26.2 Å². The van der Waals surface area contributed by atoms with Crippen LogP contribution in [0.4, 0.5) is 0 Å². The third-order valence-electron chi connectivity index (χ3n) is 4.73. The van der Waals surface area contributed by atoms with Crippen LogP contribution in [-0.2, 0) is 11.2 Å². The molecule has 0 aliphatic carbocycles. The maximum Gasteiger partial charge on any atom is 0.0858 e. The van der Waals surface area contributed by atoms with Crippen molar-refractivity contribution in [3.63, 3.8) is 0 Å². The number of halogens is 1. The topological polar surface area (TPSA) is 24.5 Å². The predicted octanol–water partition coefficient (Wildman–Crippen LogP) is 2.72. The molecule has 3 rings (SSSR count). The number of ether oxygens (including phenoxy) is 1. The predicted molar refractivity (Wildman–Crippen MR) is 87.0 cm³/mol. The third kappa shape index (κ3) is 3.59. The number of nitrogens with zero attached hydrogens (tertiary/aromatic N) is 1. The zero-order chi connectivity index (χ0) is 14.7. The Balaban J connectivity index is 1.68. The summed E-state index contributed by atoms with van der Waals surface area (Å²) in [5, 5.41) is 4.45. The minimum absolute atomic E-state index is 0.260. The van der Waals surface area contributed by atoms with Crippen LogP contribution in [0.3, 0.4) is 0 Å². The molecule has 0 saturated carbocycles. The summed E-state index contributed by atoms with van der Waals surface area (Å²) < 4.78 is 6.17. The first-order chi connectivity index (χ1) is 10.3. The van der Waals surface area contributed by atoms with Gasteiger partial charge >= 0.3 is 0 Å². The van der Waals surface area contributed by atoms with Crippen molar-refractivity contribution in [1.82, 2.24) is 10.2 Å². The van der Waals surface area contributed by atoms with Gasteiger partial charge in [0.1, 0.15) is 0 Å². The largest absolute Gasteiger partial charge is 0.374 e. The molecule has 3 nitrogen and oxygen atoms in total. The Morgan fingerprint density at radius 1 is 1.43 bits per heavy atom. The Morgan fingerprint density at radius 3 is 3.10 bits per heavy atom. The van der Waals surface area contributed by atoms with Crippen LogP contribution >= 0.6 is 11.6 Å². The molecule has 2 aliphatic rings. The number of rotatable bonds is 5. The monoisotopic (exact) mass is 308 g/mol. The van der Waals surface area contributed by atoms with Crippen molar-refractivity contribution in [2.24, 2.45) is 0 Å². The van der Waals surface area contributed by atoms with E-state index in [0.29, 0.717) is 12.1 Å². The molecule has 3 unspecified atom stereocenters. The maximum absolute atomic E-state index is 6.32. The van der Waals surface area contributed by atoms with Crippen LogP contribution in [0.25, 0.3) is 0 Å². The minimum Gasteiger partial charge on any atom is -0.374 e. The van der Waals surface area contributed by atoms with E-state index in [-0.39, 0.29) is 6.10 Å².